The van der Waals surface area contributed by atoms with E-state index >= 15 is 0 Å². The summed E-state index contributed by atoms with van der Waals surface area (Å²) in [5.74, 6) is 0.632. The molecule has 0 bridgehead atoms. The van der Waals surface area contributed by atoms with Gasteiger partial charge in [-0.25, -0.2) is 19.2 Å². The van der Waals surface area contributed by atoms with Crippen molar-refractivity contribution in [2.24, 2.45) is 0 Å². The Morgan fingerprint density at radius 1 is 1.10 bits per heavy atom. The van der Waals surface area contributed by atoms with Gasteiger partial charge in [0, 0.05) is 17.6 Å². The highest BCUT2D eigenvalue weighted by molar-refractivity contribution is 5.68. The zero-order valence-electron chi connectivity index (χ0n) is 18.5. The number of ether oxygens (including phenoxy) is 1. The van der Waals surface area contributed by atoms with Crippen LogP contribution in [-0.4, -0.2) is 33.7 Å². The molecule has 0 saturated heterocycles. The summed E-state index contributed by atoms with van der Waals surface area (Å²) in [6.07, 6.45) is 6.69. The Hall–Kier alpha value is -2.70. The lowest BCUT2D eigenvalue weighted by molar-refractivity contribution is 0.0492. The average Bonchev–Trinajstić information content (AvgIpc) is 3.55. The summed E-state index contributed by atoms with van der Waals surface area (Å²) in [6, 6.07) is 8.30. The lowest BCUT2D eigenvalue weighted by atomic mass is 9.91. The van der Waals surface area contributed by atoms with Crippen molar-refractivity contribution in [2.75, 3.05) is 5.32 Å². The number of hydrogen-bond acceptors (Lipinski definition) is 5. The van der Waals surface area contributed by atoms with Crippen LogP contribution >= 0.6 is 0 Å². The highest BCUT2D eigenvalue weighted by Crippen LogP contribution is 2.41. The van der Waals surface area contributed by atoms with Gasteiger partial charge < -0.3 is 15.4 Å². The molecule has 0 aliphatic heterocycles. The van der Waals surface area contributed by atoms with Crippen molar-refractivity contribution in [2.45, 2.75) is 82.9 Å². The Balaban J connectivity index is 1.35. The second kappa shape index (κ2) is 8.81. The molecular formula is C24H31FN4O2. The van der Waals surface area contributed by atoms with Gasteiger partial charge in [-0.2, -0.15) is 0 Å². The van der Waals surface area contributed by atoms with Crippen LogP contribution in [0.25, 0.3) is 11.3 Å². The molecule has 1 aromatic heterocycles. The number of halogens is 1. The lowest BCUT2D eigenvalue weighted by Gasteiger charge is -2.30. The van der Waals surface area contributed by atoms with Gasteiger partial charge >= 0.3 is 6.09 Å². The van der Waals surface area contributed by atoms with Gasteiger partial charge in [0.2, 0.25) is 5.95 Å². The van der Waals surface area contributed by atoms with Crippen molar-refractivity contribution in [1.29, 1.82) is 0 Å². The molecule has 0 unspecified atom stereocenters. The molecule has 1 aromatic carbocycles. The van der Waals surface area contributed by atoms with E-state index in [4.69, 9.17) is 4.74 Å². The summed E-state index contributed by atoms with van der Waals surface area (Å²) in [5, 5.41) is 6.29. The molecule has 31 heavy (non-hydrogen) atoms. The summed E-state index contributed by atoms with van der Waals surface area (Å²) >= 11 is 0. The summed E-state index contributed by atoms with van der Waals surface area (Å²) < 4.78 is 19.8. The van der Waals surface area contributed by atoms with E-state index in [1.54, 1.807) is 0 Å². The van der Waals surface area contributed by atoms with Gasteiger partial charge in [0.25, 0.3) is 0 Å². The average molecular weight is 427 g/mol. The number of anilines is 1. The maximum absolute atomic E-state index is 14.5. The number of alkyl carbamates (subject to hydrolysis) is 1. The first-order valence-electron chi connectivity index (χ1n) is 11.2. The van der Waals surface area contributed by atoms with E-state index in [1.165, 1.54) is 24.6 Å². The van der Waals surface area contributed by atoms with E-state index in [0.717, 1.165) is 31.2 Å². The Morgan fingerprint density at radius 3 is 2.48 bits per heavy atom. The van der Waals surface area contributed by atoms with Gasteiger partial charge in [0.1, 0.15) is 11.3 Å². The standard InChI is InChI=1S/C24H31FN4O2/c1-24(2,3)31-23(30)28-19-11-9-18(10-12-19)27-22-26-14-20(25)21(29-22)17-6-4-5-16(13-17)15-7-8-15/h4-6,13-15,18-19H,7-12H2,1-3H3,(H,28,30)(H,26,27,29). The molecule has 2 aliphatic rings. The second-order valence-corrected chi connectivity index (χ2v) is 9.63. The number of nitrogens with zero attached hydrogens (tertiary/aromatic N) is 2. The lowest BCUT2D eigenvalue weighted by Crippen LogP contribution is -2.42. The quantitative estimate of drug-likeness (QED) is 0.669. The molecule has 166 valence electrons. The van der Waals surface area contributed by atoms with E-state index in [2.05, 4.69) is 26.7 Å². The molecule has 6 nitrogen and oxygen atoms in total. The van der Waals surface area contributed by atoms with Crippen molar-refractivity contribution in [3.63, 3.8) is 0 Å². The Morgan fingerprint density at radius 2 is 1.81 bits per heavy atom. The predicted molar refractivity (Wildman–Crippen MR) is 118 cm³/mol. The maximum Gasteiger partial charge on any atom is 0.407 e. The van der Waals surface area contributed by atoms with Crippen LogP contribution in [0.3, 0.4) is 0 Å². The first kappa shape index (κ1) is 21.5. The minimum absolute atomic E-state index is 0.0998. The van der Waals surface area contributed by atoms with Gasteiger partial charge in [-0.15, -0.1) is 0 Å². The Kier molecular flexibility index (Phi) is 6.12. The maximum atomic E-state index is 14.5. The third-order valence-corrected chi connectivity index (χ3v) is 5.73. The number of nitrogens with one attached hydrogen (secondary N) is 2. The van der Waals surface area contributed by atoms with Crippen LogP contribution < -0.4 is 10.6 Å². The summed E-state index contributed by atoms with van der Waals surface area (Å²) in [7, 11) is 0. The predicted octanol–water partition coefficient (Wildman–Crippen LogP) is 5.41. The molecule has 0 radical (unpaired) electrons. The molecule has 2 aliphatic carbocycles. The van der Waals surface area contributed by atoms with Crippen molar-refractivity contribution >= 4 is 12.0 Å². The Bertz CT molecular complexity index is 931. The van der Waals surface area contributed by atoms with Gasteiger partial charge in [-0.05, 0) is 76.8 Å². The second-order valence-electron chi connectivity index (χ2n) is 9.63. The first-order chi connectivity index (χ1) is 14.8. The van der Waals surface area contributed by atoms with Crippen LogP contribution in [0.5, 0.6) is 0 Å². The minimum Gasteiger partial charge on any atom is -0.444 e. The molecule has 2 fully saturated rings. The molecule has 2 aromatic rings. The third-order valence-electron chi connectivity index (χ3n) is 5.73. The largest absolute Gasteiger partial charge is 0.444 e. The van der Waals surface area contributed by atoms with Crippen LogP contribution in [0.15, 0.2) is 30.5 Å². The summed E-state index contributed by atoms with van der Waals surface area (Å²) in [4.78, 5) is 20.6. The molecule has 2 saturated carbocycles. The summed E-state index contributed by atoms with van der Waals surface area (Å²) in [6.45, 7) is 5.56. The van der Waals surface area contributed by atoms with E-state index in [1.807, 2.05) is 39.0 Å². The fourth-order valence-electron chi connectivity index (χ4n) is 4.03. The normalized spacial score (nSPS) is 21.4. The van der Waals surface area contributed by atoms with Crippen molar-refractivity contribution in [3.8, 4) is 11.3 Å². The third kappa shape index (κ3) is 5.93. The molecule has 7 heteroatoms. The molecule has 4 rings (SSSR count). The van der Waals surface area contributed by atoms with Crippen LogP contribution in [0.2, 0.25) is 0 Å². The van der Waals surface area contributed by atoms with E-state index in [-0.39, 0.29) is 18.2 Å². The number of carbonyl (C=O) groups excluding carboxylic acids is 1. The summed E-state index contributed by atoms with van der Waals surface area (Å²) in [5.41, 5.74) is 1.87. The first-order valence-corrected chi connectivity index (χ1v) is 11.2. The SMILES string of the molecule is CC(C)(C)OC(=O)NC1CCC(Nc2ncc(F)c(-c3cccc(C4CC4)c3)n2)CC1. The van der Waals surface area contributed by atoms with Crippen molar-refractivity contribution < 1.29 is 13.9 Å². The van der Waals surface area contributed by atoms with E-state index in [0.29, 0.717) is 17.6 Å². The topological polar surface area (TPSA) is 76.1 Å². The van der Waals surface area contributed by atoms with Gasteiger partial charge in [0.05, 0.1) is 6.20 Å². The molecular weight excluding hydrogens is 395 g/mol. The van der Waals surface area contributed by atoms with Crippen LogP contribution in [0.1, 0.15) is 70.8 Å². The van der Waals surface area contributed by atoms with Crippen LogP contribution in [-0.2, 0) is 4.74 Å². The molecule has 1 amide bonds. The number of carbonyl (C=O) groups is 1. The highest BCUT2D eigenvalue weighted by atomic mass is 19.1. The number of amides is 1. The molecule has 0 atom stereocenters. The molecule has 1 heterocycles. The monoisotopic (exact) mass is 426 g/mol. The Labute approximate surface area is 183 Å². The van der Waals surface area contributed by atoms with E-state index in [9.17, 15) is 9.18 Å². The van der Waals surface area contributed by atoms with Gasteiger partial charge in [0.15, 0.2) is 5.82 Å². The number of benzene rings is 1. The molecule has 2 N–H and O–H groups in total. The van der Waals surface area contributed by atoms with Crippen molar-refractivity contribution in [1.82, 2.24) is 15.3 Å². The number of aromatic nitrogens is 2. The molecule has 0 spiro atoms. The van der Waals surface area contributed by atoms with E-state index < -0.39 is 11.4 Å². The minimum atomic E-state index is -0.501. The van der Waals surface area contributed by atoms with Crippen molar-refractivity contribution in [3.05, 3.63) is 41.8 Å². The van der Waals surface area contributed by atoms with Crippen LogP contribution in [0, 0.1) is 5.82 Å². The highest BCUT2D eigenvalue weighted by Gasteiger charge is 2.26. The fourth-order valence-corrected chi connectivity index (χ4v) is 4.03. The zero-order chi connectivity index (χ0) is 22.0. The number of rotatable bonds is 5. The smallest absolute Gasteiger partial charge is 0.407 e. The van der Waals surface area contributed by atoms with Gasteiger partial charge in [-0.3, -0.25) is 0 Å². The van der Waals surface area contributed by atoms with Gasteiger partial charge in [-0.1, -0.05) is 18.2 Å². The zero-order valence-corrected chi connectivity index (χ0v) is 18.5. The number of hydrogen-bond donors (Lipinski definition) is 2. The fraction of sp³-hybridized carbons (Fsp3) is 0.542. The van der Waals surface area contributed by atoms with Crippen LogP contribution in [0.4, 0.5) is 15.1 Å².